The summed E-state index contributed by atoms with van der Waals surface area (Å²) >= 11 is 0. The van der Waals surface area contributed by atoms with Gasteiger partial charge in [-0.15, -0.1) is 0 Å². The Morgan fingerprint density at radius 3 is 2.35 bits per heavy atom. The van der Waals surface area contributed by atoms with Crippen LogP contribution < -0.4 is 4.90 Å². The summed E-state index contributed by atoms with van der Waals surface area (Å²) in [5.41, 5.74) is 0.516. The molecule has 0 bridgehead atoms. The number of aromatic nitrogens is 2. The Labute approximate surface area is 102 Å². The van der Waals surface area contributed by atoms with E-state index >= 15 is 0 Å². The van der Waals surface area contributed by atoms with E-state index in [0.717, 1.165) is 19.3 Å². The van der Waals surface area contributed by atoms with E-state index in [1.165, 1.54) is 6.08 Å². The van der Waals surface area contributed by atoms with Gasteiger partial charge in [0.2, 0.25) is 15.0 Å². The second-order valence-corrected chi connectivity index (χ2v) is 5.49. The fourth-order valence-corrected chi connectivity index (χ4v) is 1.94. The summed E-state index contributed by atoms with van der Waals surface area (Å²) in [6.07, 6.45) is 2.62. The lowest BCUT2D eigenvalue weighted by Gasteiger charge is -2.20. The third kappa shape index (κ3) is 3.26. The molecule has 94 valence electrons. The van der Waals surface area contributed by atoms with E-state index in [4.69, 9.17) is 0 Å². The zero-order valence-corrected chi connectivity index (χ0v) is 11.2. The van der Waals surface area contributed by atoms with Gasteiger partial charge in [0.25, 0.3) is 0 Å². The van der Waals surface area contributed by atoms with Crippen LogP contribution in [0, 0.1) is 0 Å². The van der Waals surface area contributed by atoms with Gasteiger partial charge < -0.3 is 4.90 Å². The van der Waals surface area contributed by atoms with E-state index in [0.29, 0.717) is 11.5 Å². The van der Waals surface area contributed by atoms with Crippen molar-refractivity contribution in [1.29, 1.82) is 0 Å². The van der Waals surface area contributed by atoms with Crippen LogP contribution in [0.15, 0.2) is 17.8 Å². The van der Waals surface area contributed by atoms with Crippen molar-refractivity contribution in [2.24, 2.45) is 0 Å². The van der Waals surface area contributed by atoms with Crippen LogP contribution in [0.3, 0.4) is 0 Å². The second kappa shape index (κ2) is 5.27. The van der Waals surface area contributed by atoms with Crippen molar-refractivity contribution < 1.29 is 8.42 Å². The molecule has 1 aromatic rings. The Morgan fingerprint density at radius 1 is 1.35 bits per heavy atom. The molecule has 0 aliphatic rings. The monoisotopic (exact) mass is 255 g/mol. The lowest BCUT2D eigenvalue weighted by atomic mass is 10.3. The summed E-state index contributed by atoms with van der Waals surface area (Å²) in [6.45, 7) is 9.09. The standard InChI is InChI=1S/C11H17N3O2S/c1-5-9-8-10(14(6-2)7-3)13-11(12-9)17(4,15)16/h5,8H,1,6-7H2,2-4H3. The largest absolute Gasteiger partial charge is 0.357 e. The van der Waals surface area contributed by atoms with Crippen LogP contribution in [0.25, 0.3) is 6.08 Å². The Hall–Kier alpha value is -1.43. The van der Waals surface area contributed by atoms with E-state index in [-0.39, 0.29) is 5.16 Å². The molecule has 1 rings (SSSR count). The first-order valence-corrected chi connectivity index (χ1v) is 7.28. The minimum Gasteiger partial charge on any atom is -0.357 e. The summed E-state index contributed by atoms with van der Waals surface area (Å²) in [4.78, 5) is 9.97. The Balaban J connectivity index is 3.37. The molecule has 0 N–H and O–H groups in total. The molecule has 0 amide bonds. The predicted molar refractivity (Wildman–Crippen MR) is 68.8 cm³/mol. The fraction of sp³-hybridized carbons (Fsp3) is 0.455. The molecule has 0 aromatic carbocycles. The molecular weight excluding hydrogens is 238 g/mol. The molecule has 1 heterocycles. The minimum atomic E-state index is -3.40. The van der Waals surface area contributed by atoms with Crippen LogP contribution in [0.1, 0.15) is 19.5 Å². The van der Waals surface area contributed by atoms with Crippen LogP contribution in [-0.4, -0.2) is 37.7 Å². The molecule has 0 unspecified atom stereocenters. The zero-order valence-electron chi connectivity index (χ0n) is 10.3. The van der Waals surface area contributed by atoms with Gasteiger partial charge in [-0.1, -0.05) is 6.58 Å². The molecule has 6 heteroatoms. The number of hydrogen-bond donors (Lipinski definition) is 0. The van der Waals surface area contributed by atoms with Crippen molar-refractivity contribution in [3.05, 3.63) is 18.3 Å². The highest BCUT2D eigenvalue weighted by atomic mass is 32.2. The van der Waals surface area contributed by atoms with Gasteiger partial charge in [-0.2, -0.15) is 0 Å². The topological polar surface area (TPSA) is 63.2 Å². The Kier molecular flexibility index (Phi) is 4.22. The van der Waals surface area contributed by atoms with Gasteiger partial charge in [0.1, 0.15) is 5.82 Å². The van der Waals surface area contributed by atoms with E-state index in [2.05, 4.69) is 16.5 Å². The van der Waals surface area contributed by atoms with Crippen molar-refractivity contribution in [2.75, 3.05) is 24.2 Å². The number of nitrogens with zero attached hydrogens (tertiary/aromatic N) is 3. The van der Waals surface area contributed by atoms with Gasteiger partial charge >= 0.3 is 0 Å². The Bertz CT molecular complexity index is 507. The van der Waals surface area contributed by atoms with E-state index < -0.39 is 9.84 Å². The fourth-order valence-electron chi connectivity index (χ4n) is 1.41. The van der Waals surface area contributed by atoms with Crippen LogP contribution in [-0.2, 0) is 9.84 Å². The molecule has 0 aliphatic carbocycles. The average Bonchev–Trinajstić information content (AvgIpc) is 2.29. The molecule has 0 spiro atoms. The maximum Gasteiger partial charge on any atom is 0.249 e. The molecule has 0 radical (unpaired) electrons. The molecule has 0 aliphatic heterocycles. The quantitative estimate of drug-likeness (QED) is 0.744. The summed E-state index contributed by atoms with van der Waals surface area (Å²) in [6, 6.07) is 1.73. The smallest absolute Gasteiger partial charge is 0.249 e. The SMILES string of the molecule is C=Cc1cc(N(CC)CC)nc(S(C)(=O)=O)n1. The van der Waals surface area contributed by atoms with Crippen molar-refractivity contribution in [2.45, 2.75) is 19.0 Å². The molecule has 0 saturated carbocycles. The lowest BCUT2D eigenvalue weighted by molar-refractivity contribution is 0.592. The molecule has 0 atom stereocenters. The first-order chi connectivity index (χ1) is 7.92. The maximum atomic E-state index is 11.5. The summed E-state index contributed by atoms with van der Waals surface area (Å²) in [7, 11) is -3.40. The third-order valence-electron chi connectivity index (χ3n) is 2.34. The number of anilines is 1. The molecule has 17 heavy (non-hydrogen) atoms. The molecule has 0 saturated heterocycles. The van der Waals surface area contributed by atoms with Gasteiger partial charge in [0, 0.05) is 25.4 Å². The van der Waals surface area contributed by atoms with Crippen molar-refractivity contribution in [3.8, 4) is 0 Å². The third-order valence-corrected chi connectivity index (χ3v) is 3.19. The van der Waals surface area contributed by atoms with E-state index in [1.807, 2.05) is 18.7 Å². The first kappa shape index (κ1) is 13.6. The van der Waals surface area contributed by atoms with Crippen LogP contribution in [0.2, 0.25) is 0 Å². The number of rotatable bonds is 5. The average molecular weight is 255 g/mol. The molecule has 1 aromatic heterocycles. The minimum absolute atomic E-state index is 0.156. The van der Waals surface area contributed by atoms with E-state index in [1.54, 1.807) is 6.07 Å². The molecule has 5 nitrogen and oxygen atoms in total. The van der Waals surface area contributed by atoms with Crippen molar-refractivity contribution >= 4 is 21.7 Å². The first-order valence-electron chi connectivity index (χ1n) is 5.38. The van der Waals surface area contributed by atoms with Crippen molar-refractivity contribution in [1.82, 2.24) is 9.97 Å². The van der Waals surface area contributed by atoms with Crippen molar-refractivity contribution in [3.63, 3.8) is 0 Å². The predicted octanol–water partition coefficient (Wildman–Crippen LogP) is 1.37. The van der Waals surface area contributed by atoms with Gasteiger partial charge in [-0.3, -0.25) is 0 Å². The van der Waals surface area contributed by atoms with Gasteiger partial charge in [0.05, 0.1) is 5.69 Å². The summed E-state index contributed by atoms with van der Waals surface area (Å²) in [5.74, 6) is 0.611. The lowest BCUT2D eigenvalue weighted by Crippen LogP contribution is -2.24. The van der Waals surface area contributed by atoms with Crippen LogP contribution >= 0.6 is 0 Å². The van der Waals surface area contributed by atoms with Gasteiger partial charge in [-0.05, 0) is 19.9 Å². The van der Waals surface area contributed by atoms with Gasteiger partial charge in [-0.25, -0.2) is 18.4 Å². The highest BCUT2D eigenvalue weighted by Crippen LogP contribution is 2.15. The highest BCUT2D eigenvalue weighted by Gasteiger charge is 2.15. The Morgan fingerprint density at radius 2 is 1.94 bits per heavy atom. The van der Waals surface area contributed by atoms with E-state index in [9.17, 15) is 8.42 Å². The maximum absolute atomic E-state index is 11.5. The zero-order chi connectivity index (χ0) is 13.1. The van der Waals surface area contributed by atoms with Crippen LogP contribution in [0.5, 0.6) is 0 Å². The molecule has 0 fully saturated rings. The van der Waals surface area contributed by atoms with Crippen LogP contribution in [0.4, 0.5) is 5.82 Å². The summed E-state index contributed by atoms with van der Waals surface area (Å²) < 4.78 is 22.9. The van der Waals surface area contributed by atoms with Gasteiger partial charge in [0.15, 0.2) is 0 Å². The number of hydrogen-bond acceptors (Lipinski definition) is 5. The number of sulfone groups is 1. The molecular formula is C11H17N3O2S. The highest BCUT2D eigenvalue weighted by molar-refractivity contribution is 7.90. The summed E-state index contributed by atoms with van der Waals surface area (Å²) in [5, 5.41) is -0.156. The second-order valence-electron chi connectivity index (χ2n) is 3.58. The normalized spacial score (nSPS) is 11.2.